The lowest BCUT2D eigenvalue weighted by Gasteiger charge is -2.13. The van der Waals surface area contributed by atoms with Gasteiger partial charge < -0.3 is 4.74 Å². The zero-order valence-corrected chi connectivity index (χ0v) is 19.0. The Hall–Kier alpha value is -3.33. The molecule has 9 heteroatoms. The third-order valence-electron chi connectivity index (χ3n) is 6.00. The number of aromatic nitrogens is 5. The lowest BCUT2D eigenvalue weighted by molar-refractivity contribution is 0.357. The molecule has 1 aliphatic rings. The molecule has 32 heavy (non-hydrogen) atoms. The van der Waals surface area contributed by atoms with E-state index in [1.807, 2.05) is 11.3 Å². The minimum absolute atomic E-state index is 0.0514. The number of benzene rings is 1. The number of nitrogens with zero attached hydrogens (tertiary/aromatic N) is 5. The first-order valence-electron chi connectivity index (χ1n) is 10.4. The molecule has 0 radical (unpaired) electrons. The van der Waals surface area contributed by atoms with Crippen LogP contribution in [0.5, 0.6) is 5.75 Å². The smallest absolute Gasteiger partial charge is 0.192 e. The number of ether oxygens (including phenoxy) is 1. The summed E-state index contributed by atoms with van der Waals surface area (Å²) >= 11 is 0. The van der Waals surface area contributed by atoms with Crippen LogP contribution in [0.3, 0.4) is 0 Å². The van der Waals surface area contributed by atoms with Crippen LogP contribution in [0.1, 0.15) is 28.1 Å². The Morgan fingerprint density at radius 1 is 1.06 bits per heavy atom. The Labute approximate surface area is 186 Å². The van der Waals surface area contributed by atoms with Crippen molar-refractivity contribution >= 4 is 15.5 Å². The maximum atomic E-state index is 11.8. The SMILES string of the molecule is Cc1cc(S(C)(=O)=O)ncc1-c1cnc(CCc2c(C)ccc3c2CCO3)n2cnnc12. The van der Waals surface area contributed by atoms with Crippen molar-refractivity contribution in [1.29, 1.82) is 0 Å². The van der Waals surface area contributed by atoms with E-state index in [0.29, 0.717) is 5.65 Å². The van der Waals surface area contributed by atoms with Gasteiger partial charge in [-0.2, -0.15) is 0 Å². The fraction of sp³-hybridized carbons (Fsp3) is 0.304. The number of hydrogen-bond acceptors (Lipinski definition) is 7. The van der Waals surface area contributed by atoms with Crippen LogP contribution in [0.25, 0.3) is 16.8 Å². The highest BCUT2D eigenvalue weighted by Gasteiger charge is 2.19. The van der Waals surface area contributed by atoms with Gasteiger partial charge in [0.2, 0.25) is 0 Å². The van der Waals surface area contributed by atoms with Gasteiger partial charge in [0.25, 0.3) is 0 Å². The van der Waals surface area contributed by atoms with Gasteiger partial charge in [0.05, 0.1) is 6.61 Å². The van der Waals surface area contributed by atoms with E-state index in [1.165, 1.54) is 16.7 Å². The van der Waals surface area contributed by atoms with Crippen molar-refractivity contribution in [2.75, 3.05) is 12.9 Å². The van der Waals surface area contributed by atoms with E-state index in [0.717, 1.165) is 60.4 Å². The summed E-state index contributed by atoms with van der Waals surface area (Å²) in [5, 5.41) is 8.46. The molecule has 0 saturated heterocycles. The highest BCUT2D eigenvalue weighted by atomic mass is 32.2. The molecule has 0 amide bonds. The second kappa shape index (κ2) is 7.67. The molecule has 0 saturated carbocycles. The highest BCUT2D eigenvalue weighted by Crippen LogP contribution is 2.32. The molecule has 8 nitrogen and oxygen atoms in total. The molecule has 4 heterocycles. The van der Waals surface area contributed by atoms with Gasteiger partial charge in [0.1, 0.15) is 17.9 Å². The molecule has 0 spiro atoms. The molecule has 3 aromatic heterocycles. The Morgan fingerprint density at radius 3 is 2.66 bits per heavy atom. The summed E-state index contributed by atoms with van der Waals surface area (Å²) < 4.78 is 31.3. The van der Waals surface area contributed by atoms with Gasteiger partial charge in [0.15, 0.2) is 20.5 Å². The predicted octanol–water partition coefficient (Wildman–Crippen LogP) is 2.93. The van der Waals surface area contributed by atoms with E-state index in [2.05, 4.69) is 34.2 Å². The van der Waals surface area contributed by atoms with Gasteiger partial charge >= 0.3 is 0 Å². The number of fused-ring (bicyclic) bond motifs is 2. The molecule has 1 aliphatic heterocycles. The van der Waals surface area contributed by atoms with Crippen molar-refractivity contribution in [2.24, 2.45) is 0 Å². The lowest BCUT2D eigenvalue weighted by Crippen LogP contribution is -2.06. The largest absolute Gasteiger partial charge is 0.493 e. The summed E-state index contributed by atoms with van der Waals surface area (Å²) in [7, 11) is -3.37. The van der Waals surface area contributed by atoms with Gasteiger partial charge in [-0.05, 0) is 49.1 Å². The monoisotopic (exact) mass is 449 g/mol. The first-order valence-corrected chi connectivity index (χ1v) is 12.3. The average molecular weight is 450 g/mol. The fourth-order valence-electron chi connectivity index (χ4n) is 4.30. The molecule has 0 N–H and O–H groups in total. The molecule has 1 aromatic carbocycles. The van der Waals surface area contributed by atoms with Crippen molar-refractivity contribution in [3.8, 4) is 16.9 Å². The zero-order valence-electron chi connectivity index (χ0n) is 18.2. The van der Waals surface area contributed by atoms with E-state index in [4.69, 9.17) is 9.72 Å². The van der Waals surface area contributed by atoms with Gasteiger partial charge in [-0.25, -0.2) is 18.4 Å². The quantitative estimate of drug-likeness (QED) is 0.462. The molecule has 0 unspecified atom stereocenters. The number of pyridine rings is 1. The maximum absolute atomic E-state index is 11.8. The topological polar surface area (TPSA) is 99.3 Å². The van der Waals surface area contributed by atoms with Gasteiger partial charge in [0, 0.05) is 48.2 Å². The first kappa shape index (κ1) is 20.6. The summed E-state index contributed by atoms with van der Waals surface area (Å²) in [4.78, 5) is 8.85. The standard InChI is InChI=1S/C23H23N5O3S/c1-14-4-6-20-17(8-9-31-20)16(14)5-7-21-24-12-19(23-27-26-13-28(21)23)18-11-25-22(10-15(18)2)32(3,29)30/h4,6,10-13H,5,7-9H2,1-3H3. The van der Waals surface area contributed by atoms with Gasteiger partial charge in [-0.15, -0.1) is 10.2 Å². The van der Waals surface area contributed by atoms with Gasteiger partial charge in [-0.3, -0.25) is 4.40 Å². The van der Waals surface area contributed by atoms with E-state index in [1.54, 1.807) is 24.8 Å². The molecule has 0 atom stereocenters. The normalized spacial score (nSPS) is 13.3. The molecule has 0 fully saturated rings. The van der Waals surface area contributed by atoms with Crippen molar-refractivity contribution in [2.45, 2.75) is 38.1 Å². The number of aryl methyl sites for hydroxylation is 3. The molecule has 5 rings (SSSR count). The Morgan fingerprint density at radius 2 is 1.88 bits per heavy atom. The van der Waals surface area contributed by atoms with E-state index >= 15 is 0 Å². The van der Waals surface area contributed by atoms with Crippen molar-refractivity contribution in [1.82, 2.24) is 24.6 Å². The van der Waals surface area contributed by atoms with Crippen molar-refractivity contribution < 1.29 is 13.2 Å². The molecule has 4 aromatic rings. The van der Waals surface area contributed by atoms with Crippen LogP contribution in [-0.4, -0.2) is 45.8 Å². The maximum Gasteiger partial charge on any atom is 0.192 e. The molecular formula is C23H23N5O3S. The predicted molar refractivity (Wildman–Crippen MR) is 120 cm³/mol. The molecule has 0 bridgehead atoms. The summed E-state index contributed by atoms with van der Waals surface area (Å²) in [6.45, 7) is 4.72. The average Bonchev–Trinajstić information content (AvgIpc) is 3.42. The van der Waals surface area contributed by atoms with Crippen LogP contribution in [0, 0.1) is 13.8 Å². The summed E-state index contributed by atoms with van der Waals surface area (Å²) in [6.07, 6.45) is 8.68. The molecule has 164 valence electrons. The minimum atomic E-state index is -3.37. The third-order valence-corrected chi connectivity index (χ3v) is 6.98. The zero-order chi connectivity index (χ0) is 22.5. The van der Waals surface area contributed by atoms with Gasteiger partial charge in [-0.1, -0.05) is 6.07 Å². The third kappa shape index (κ3) is 3.52. The second-order valence-corrected chi connectivity index (χ2v) is 10.1. The second-order valence-electron chi connectivity index (χ2n) is 8.16. The Kier molecular flexibility index (Phi) is 4.93. The van der Waals surface area contributed by atoms with Crippen LogP contribution in [0.15, 0.2) is 41.9 Å². The van der Waals surface area contributed by atoms with Crippen LogP contribution in [0.2, 0.25) is 0 Å². The Balaban J connectivity index is 1.50. The number of rotatable bonds is 5. The van der Waals surface area contributed by atoms with Crippen LogP contribution in [0.4, 0.5) is 0 Å². The highest BCUT2D eigenvalue weighted by molar-refractivity contribution is 7.90. The number of hydrogen-bond donors (Lipinski definition) is 0. The van der Waals surface area contributed by atoms with Crippen molar-refractivity contribution in [3.63, 3.8) is 0 Å². The van der Waals surface area contributed by atoms with E-state index in [-0.39, 0.29) is 5.03 Å². The van der Waals surface area contributed by atoms with Crippen LogP contribution < -0.4 is 4.74 Å². The van der Waals surface area contributed by atoms with E-state index < -0.39 is 9.84 Å². The Bertz CT molecular complexity index is 1460. The summed E-state index contributed by atoms with van der Waals surface area (Å²) in [5.41, 5.74) is 6.89. The lowest BCUT2D eigenvalue weighted by atomic mass is 9.96. The molecular weight excluding hydrogens is 426 g/mol. The number of sulfone groups is 1. The first-order chi connectivity index (χ1) is 15.3. The van der Waals surface area contributed by atoms with Crippen LogP contribution in [-0.2, 0) is 29.1 Å². The van der Waals surface area contributed by atoms with Crippen LogP contribution >= 0.6 is 0 Å². The summed E-state index contributed by atoms with van der Waals surface area (Å²) in [6, 6.07) is 5.74. The fourth-order valence-corrected chi connectivity index (χ4v) is 4.94. The van der Waals surface area contributed by atoms with Crippen molar-refractivity contribution in [3.05, 3.63) is 65.0 Å². The molecule has 0 aliphatic carbocycles. The minimum Gasteiger partial charge on any atom is -0.493 e. The van der Waals surface area contributed by atoms with E-state index in [9.17, 15) is 8.42 Å². The summed E-state index contributed by atoms with van der Waals surface area (Å²) in [5.74, 6) is 1.85.